The molecule has 2 N–H and O–H groups in total. The molecule has 29 heavy (non-hydrogen) atoms. The van der Waals surface area contributed by atoms with Gasteiger partial charge in [0.2, 0.25) is 0 Å². The summed E-state index contributed by atoms with van der Waals surface area (Å²) >= 11 is 7.31. The van der Waals surface area contributed by atoms with E-state index in [0.29, 0.717) is 21.6 Å². The van der Waals surface area contributed by atoms with E-state index >= 15 is 0 Å². The van der Waals surface area contributed by atoms with Crippen molar-refractivity contribution in [2.24, 2.45) is 5.92 Å². The van der Waals surface area contributed by atoms with Crippen molar-refractivity contribution >= 4 is 40.7 Å². The highest BCUT2D eigenvalue weighted by Crippen LogP contribution is 2.32. The Bertz CT molecular complexity index is 943. The summed E-state index contributed by atoms with van der Waals surface area (Å²) in [4.78, 5) is 38.0. The fraction of sp³-hybridized carbons (Fsp3) is 0.350. The van der Waals surface area contributed by atoms with Gasteiger partial charge in [-0.3, -0.25) is 20.4 Å². The number of hydrogen-bond donors (Lipinski definition) is 2. The zero-order valence-corrected chi connectivity index (χ0v) is 17.6. The Kier molecular flexibility index (Phi) is 6.76. The summed E-state index contributed by atoms with van der Waals surface area (Å²) in [6, 6.07) is 6.39. The fourth-order valence-corrected chi connectivity index (χ4v) is 4.37. The first-order chi connectivity index (χ1) is 13.9. The van der Waals surface area contributed by atoms with Crippen LogP contribution in [-0.2, 0) is 22.4 Å². The molecule has 154 valence electrons. The number of nitrogens with one attached hydrogen (secondary N) is 2. The molecule has 9 heteroatoms. The van der Waals surface area contributed by atoms with E-state index in [9.17, 15) is 14.4 Å². The molecule has 0 unspecified atom stereocenters. The van der Waals surface area contributed by atoms with E-state index in [0.717, 1.165) is 19.3 Å². The second kappa shape index (κ2) is 9.28. The first-order valence-corrected chi connectivity index (χ1v) is 10.3. The van der Waals surface area contributed by atoms with Crippen molar-refractivity contribution in [3.05, 3.63) is 50.2 Å². The topological polar surface area (TPSA) is 93.7 Å². The number of benzene rings is 1. The van der Waals surface area contributed by atoms with E-state index in [2.05, 4.69) is 17.8 Å². The van der Waals surface area contributed by atoms with Crippen molar-refractivity contribution in [1.82, 2.24) is 10.9 Å². The normalized spacial score (nSPS) is 15.2. The number of amides is 2. The van der Waals surface area contributed by atoms with Crippen molar-refractivity contribution in [3.63, 3.8) is 0 Å². The Hall–Kier alpha value is -2.58. The van der Waals surface area contributed by atoms with Gasteiger partial charge in [-0.2, -0.15) is 0 Å². The third-order valence-corrected chi connectivity index (χ3v) is 6.04. The van der Waals surface area contributed by atoms with Gasteiger partial charge in [0, 0.05) is 9.90 Å². The molecule has 0 radical (unpaired) electrons. The molecule has 0 saturated heterocycles. The number of rotatable bonds is 5. The molecule has 0 spiro atoms. The van der Waals surface area contributed by atoms with Crippen LogP contribution >= 0.6 is 22.9 Å². The zero-order chi connectivity index (χ0) is 21.0. The van der Waals surface area contributed by atoms with Crippen molar-refractivity contribution in [2.45, 2.75) is 26.2 Å². The molecule has 0 saturated carbocycles. The third-order valence-electron chi connectivity index (χ3n) is 4.59. The summed E-state index contributed by atoms with van der Waals surface area (Å²) in [6.07, 6.45) is 3.04. The van der Waals surface area contributed by atoms with Gasteiger partial charge in [-0.1, -0.05) is 18.5 Å². The van der Waals surface area contributed by atoms with E-state index in [1.165, 1.54) is 35.0 Å². The Morgan fingerprint density at radius 3 is 2.79 bits per heavy atom. The molecule has 0 bridgehead atoms. The highest BCUT2D eigenvalue weighted by Gasteiger charge is 2.22. The maximum absolute atomic E-state index is 12.2. The van der Waals surface area contributed by atoms with Crippen LogP contribution in [0.4, 0.5) is 0 Å². The number of esters is 1. The van der Waals surface area contributed by atoms with Crippen LogP contribution in [0.1, 0.15) is 43.8 Å². The van der Waals surface area contributed by atoms with Gasteiger partial charge in [-0.25, -0.2) is 4.79 Å². The second-order valence-corrected chi connectivity index (χ2v) is 8.40. The van der Waals surface area contributed by atoms with E-state index in [1.807, 2.05) is 6.07 Å². The Morgan fingerprint density at radius 1 is 1.24 bits per heavy atom. The number of ether oxygens (including phenoxy) is 2. The van der Waals surface area contributed by atoms with Gasteiger partial charge in [-0.05, 0) is 55.0 Å². The molecule has 1 aromatic carbocycles. The average Bonchev–Trinajstić information content (AvgIpc) is 3.13. The molecule has 1 aliphatic rings. The average molecular weight is 437 g/mol. The van der Waals surface area contributed by atoms with Gasteiger partial charge in [-0.15, -0.1) is 11.3 Å². The van der Waals surface area contributed by atoms with Crippen molar-refractivity contribution in [3.8, 4) is 5.75 Å². The number of fused-ring (bicyclic) bond motifs is 1. The zero-order valence-electron chi connectivity index (χ0n) is 16.0. The molecule has 1 atom stereocenters. The van der Waals surface area contributed by atoms with Gasteiger partial charge in [0.15, 0.2) is 6.61 Å². The Labute approximate surface area is 177 Å². The molecule has 1 aliphatic carbocycles. The van der Waals surface area contributed by atoms with Crippen LogP contribution < -0.4 is 15.6 Å². The molecule has 7 nitrogen and oxygen atoms in total. The standard InChI is InChI=1S/C20H21ClN2O5S/c1-11-3-6-16-12(7-11)8-17(29-16)20(26)28-10-18(24)22-23-19(25)14-9-13(21)4-5-15(14)27-2/h4-5,8-9,11H,3,6-7,10H2,1-2H3,(H,22,24)(H,23,25)/t11-/m0/s1. The predicted molar refractivity (Wildman–Crippen MR) is 109 cm³/mol. The lowest BCUT2D eigenvalue weighted by atomic mass is 9.90. The molecule has 0 fully saturated rings. The number of hydrazine groups is 1. The lowest BCUT2D eigenvalue weighted by Crippen LogP contribution is -2.43. The minimum Gasteiger partial charge on any atom is -0.496 e. The molecular formula is C20H21ClN2O5S. The monoisotopic (exact) mass is 436 g/mol. The second-order valence-electron chi connectivity index (χ2n) is 6.83. The smallest absolute Gasteiger partial charge is 0.348 e. The van der Waals surface area contributed by atoms with Crippen LogP contribution in [0.15, 0.2) is 24.3 Å². The first-order valence-electron chi connectivity index (χ1n) is 9.08. The molecule has 0 aliphatic heterocycles. The molecular weight excluding hydrogens is 416 g/mol. The largest absolute Gasteiger partial charge is 0.496 e. The van der Waals surface area contributed by atoms with Gasteiger partial charge < -0.3 is 9.47 Å². The van der Waals surface area contributed by atoms with Crippen molar-refractivity contribution in [1.29, 1.82) is 0 Å². The minimum atomic E-state index is -0.664. The van der Waals surface area contributed by atoms with Gasteiger partial charge in [0.1, 0.15) is 10.6 Å². The maximum Gasteiger partial charge on any atom is 0.348 e. The summed E-state index contributed by atoms with van der Waals surface area (Å²) in [6.45, 7) is 1.68. The van der Waals surface area contributed by atoms with E-state index < -0.39 is 24.4 Å². The highest BCUT2D eigenvalue weighted by atomic mass is 35.5. The first kappa shape index (κ1) is 21.1. The highest BCUT2D eigenvalue weighted by molar-refractivity contribution is 7.14. The SMILES string of the molecule is COc1ccc(Cl)cc1C(=O)NNC(=O)COC(=O)c1cc2c(s1)CC[C@H](C)C2. The van der Waals surface area contributed by atoms with Crippen LogP contribution in [0.25, 0.3) is 0 Å². The quantitative estimate of drug-likeness (QED) is 0.554. The van der Waals surface area contributed by atoms with Crippen LogP contribution in [0.3, 0.4) is 0 Å². The summed E-state index contributed by atoms with van der Waals surface area (Å²) in [5, 5.41) is 0.351. The van der Waals surface area contributed by atoms with Crippen molar-refractivity contribution in [2.75, 3.05) is 13.7 Å². The lowest BCUT2D eigenvalue weighted by molar-refractivity contribution is -0.125. The number of methoxy groups -OCH3 is 1. The number of carbonyl (C=O) groups is 3. The number of halogens is 1. The number of hydrogen-bond acceptors (Lipinski definition) is 6. The summed E-state index contributed by atoms with van der Waals surface area (Å²) in [7, 11) is 1.42. The molecule has 1 aromatic heterocycles. The van der Waals surface area contributed by atoms with Crippen LogP contribution in [0.2, 0.25) is 5.02 Å². The third kappa shape index (κ3) is 5.27. The number of thiophene rings is 1. The molecule has 1 heterocycles. The Balaban J connectivity index is 1.49. The van der Waals surface area contributed by atoms with E-state index in [-0.39, 0.29) is 5.56 Å². The maximum atomic E-state index is 12.2. The summed E-state index contributed by atoms with van der Waals surface area (Å²) < 4.78 is 10.2. The minimum absolute atomic E-state index is 0.163. The van der Waals surface area contributed by atoms with E-state index in [1.54, 1.807) is 12.1 Å². The van der Waals surface area contributed by atoms with E-state index in [4.69, 9.17) is 21.1 Å². The van der Waals surface area contributed by atoms with Gasteiger partial charge in [0.05, 0.1) is 12.7 Å². The number of carbonyl (C=O) groups excluding carboxylic acids is 3. The Morgan fingerprint density at radius 2 is 2.03 bits per heavy atom. The van der Waals surface area contributed by atoms with Crippen LogP contribution in [0.5, 0.6) is 5.75 Å². The summed E-state index contributed by atoms with van der Waals surface area (Å²) in [5.41, 5.74) is 5.80. The molecule has 2 amide bonds. The van der Waals surface area contributed by atoms with Crippen molar-refractivity contribution < 1.29 is 23.9 Å². The molecule has 2 aromatic rings. The van der Waals surface area contributed by atoms with Gasteiger partial charge in [0.25, 0.3) is 11.8 Å². The van der Waals surface area contributed by atoms with Crippen LogP contribution in [0, 0.1) is 5.92 Å². The van der Waals surface area contributed by atoms with Gasteiger partial charge >= 0.3 is 5.97 Å². The summed E-state index contributed by atoms with van der Waals surface area (Å²) in [5.74, 6) is -0.904. The fourth-order valence-electron chi connectivity index (χ4n) is 3.10. The predicted octanol–water partition coefficient (Wildman–Crippen LogP) is 3.15. The lowest BCUT2D eigenvalue weighted by Gasteiger charge is -2.16. The number of aryl methyl sites for hydroxylation is 1. The molecule has 3 rings (SSSR count). The van der Waals surface area contributed by atoms with Crippen LogP contribution in [-0.4, -0.2) is 31.5 Å².